The van der Waals surface area contributed by atoms with Crippen LogP contribution < -0.4 is 5.32 Å². The van der Waals surface area contributed by atoms with Crippen molar-refractivity contribution in [2.45, 2.75) is 19.8 Å². The van der Waals surface area contributed by atoms with E-state index in [1.54, 1.807) is 0 Å². The molecule has 0 aromatic heterocycles. The summed E-state index contributed by atoms with van der Waals surface area (Å²) in [4.78, 5) is 34.1. The van der Waals surface area contributed by atoms with Crippen molar-refractivity contribution < 1.29 is 19.2 Å². The maximum absolute atomic E-state index is 12.1. The first-order valence-electron chi connectivity index (χ1n) is 8.30. The monoisotopic (exact) mass is 482 g/mol. The Morgan fingerprint density at radius 1 is 1.19 bits per heavy atom. The molecule has 1 amide bonds. The average molecular weight is 482 g/mol. The molecular formula is C19H19IN2O5. The second-order valence-corrected chi connectivity index (χ2v) is 7.05. The molecule has 142 valence electrons. The first-order valence-corrected chi connectivity index (χ1v) is 9.38. The van der Waals surface area contributed by atoms with Crippen molar-refractivity contribution in [1.82, 2.24) is 5.32 Å². The SMILES string of the molecule is Cc1ccc(CCC(=O)NCCOC(=O)c2cc([N+](=O)[O-])ccc2I)cc1. The van der Waals surface area contributed by atoms with E-state index in [0.29, 0.717) is 16.4 Å². The summed E-state index contributed by atoms with van der Waals surface area (Å²) >= 11 is 1.91. The highest BCUT2D eigenvalue weighted by Crippen LogP contribution is 2.20. The number of esters is 1. The van der Waals surface area contributed by atoms with Crippen molar-refractivity contribution >= 4 is 40.2 Å². The molecule has 0 heterocycles. The van der Waals surface area contributed by atoms with Gasteiger partial charge in [-0.05, 0) is 47.6 Å². The van der Waals surface area contributed by atoms with E-state index >= 15 is 0 Å². The van der Waals surface area contributed by atoms with Gasteiger partial charge in [-0.2, -0.15) is 0 Å². The number of nitrogens with zero attached hydrogens (tertiary/aromatic N) is 1. The Balaban J connectivity index is 1.73. The molecular weight excluding hydrogens is 463 g/mol. The van der Waals surface area contributed by atoms with Gasteiger partial charge in [0.05, 0.1) is 17.0 Å². The largest absolute Gasteiger partial charge is 0.460 e. The zero-order chi connectivity index (χ0) is 19.8. The van der Waals surface area contributed by atoms with Crippen LogP contribution in [0.25, 0.3) is 0 Å². The van der Waals surface area contributed by atoms with E-state index in [9.17, 15) is 19.7 Å². The molecule has 8 heteroatoms. The summed E-state index contributed by atoms with van der Waals surface area (Å²) in [6.45, 7) is 2.18. The van der Waals surface area contributed by atoms with Crippen molar-refractivity contribution in [3.05, 3.63) is 72.8 Å². The molecule has 0 saturated heterocycles. The van der Waals surface area contributed by atoms with Crippen LogP contribution in [-0.2, 0) is 16.0 Å². The minimum Gasteiger partial charge on any atom is -0.460 e. The Hall–Kier alpha value is -2.49. The third-order valence-electron chi connectivity index (χ3n) is 3.80. The van der Waals surface area contributed by atoms with Crippen LogP contribution in [-0.4, -0.2) is 30.0 Å². The van der Waals surface area contributed by atoms with Crippen LogP contribution in [0.2, 0.25) is 0 Å². The molecule has 0 bridgehead atoms. The van der Waals surface area contributed by atoms with Crippen LogP contribution in [0.15, 0.2) is 42.5 Å². The number of benzene rings is 2. The molecule has 2 aromatic rings. The minimum atomic E-state index is -0.656. The molecule has 0 aliphatic heterocycles. The number of amides is 1. The number of carbonyl (C=O) groups is 2. The van der Waals surface area contributed by atoms with Crippen molar-refractivity contribution in [1.29, 1.82) is 0 Å². The lowest BCUT2D eigenvalue weighted by atomic mass is 10.1. The number of carbonyl (C=O) groups excluding carboxylic acids is 2. The van der Waals surface area contributed by atoms with Gasteiger partial charge in [0.2, 0.25) is 5.91 Å². The molecule has 0 saturated carbocycles. The Labute approximate surface area is 170 Å². The second-order valence-electron chi connectivity index (χ2n) is 5.89. The van der Waals surface area contributed by atoms with Crippen LogP contribution in [0.3, 0.4) is 0 Å². The van der Waals surface area contributed by atoms with Gasteiger partial charge in [0.1, 0.15) is 6.61 Å². The molecule has 0 atom stereocenters. The Kier molecular flexibility index (Phi) is 7.71. The van der Waals surface area contributed by atoms with E-state index in [-0.39, 0.29) is 30.3 Å². The highest BCUT2D eigenvalue weighted by molar-refractivity contribution is 14.1. The summed E-state index contributed by atoms with van der Waals surface area (Å²) in [5.74, 6) is -0.784. The van der Waals surface area contributed by atoms with Crippen LogP contribution in [0.5, 0.6) is 0 Å². The number of non-ortho nitro benzene ring substituents is 1. The molecule has 7 nitrogen and oxygen atoms in total. The smallest absolute Gasteiger partial charge is 0.339 e. The van der Waals surface area contributed by atoms with Crippen molar-refractivity contribution in [2.75, 3.05) is 13.2 Å². The lowest BCUT2D eigenvalue weighted by molar-refractivity contribution is -0.384. The van der Waals surface area contributed by atoms with Gasteiger partial charge in [-0.25, -0.2) is 4.79 Å². The number of rotatable bonds is 8. The maximum atomic E-state index is 12.1. The number of nitrogens with one attached hydrogen (secondary N) is 1. The quantitative estimate of drug-likeness (QED) is 0.205. The minimum absolute atomic E-state index is 0.00607. The summed E-state index contributed by atoms with van der Waals surface area (Å²) in [6, 6.07) is 12.0. The summed E-state index contributed by atoms with van der Waals surface area (Å²) < 4.78 is 5.65. The third kappa shape index (κ3) is 6.63. The number of hydrogen-bond donors (Lipinski definition) is 1. The van der Waals surface area contributed by atoms with Gasteiger partial charge >= 0.3 is 5.97 Å². The topological polar surface area (TPSA) is 98.5 Å². The van der Waals surface area contributed by atoms with Gasteiger partial charge in [-0.15, -0.1) is 0 Å². The van der Waals surface area contributed by atoms with Crippen LogP contribution in [0.4, 0.5) is 5.69 Å². The normalized spacial score (nSPS) is 10.3. The number of aryl methyl sites for hydroxylation is 2. The van der Waals surface area contributed by atoms with Crippen LogP contribution in [0.1, 0.15) is 27.9 Å². The lowest BCUT2D eigenvalue weighted by Crippen LogP contribution is -2.28. The summed E-state index contributed by atoms with van der Waals surface area (Å²) in [5, 5.41) is 13.5. The predicted octanol–water partition coefficient (Wildman–Crippen LogP) is 3.41. The first kappa shape index (κ1) is 20.8. The van der Waals surface area contributed by atoms with Crippen molar-refractivity contribution in [3.8, 4) is 0 Å². The van der Waals surface area contributed by atoms with E-state index in [0.717, 1.165) is 5.56 Å². The number of hydrogen-bond acceptors (Lipinski definition) is 5. The van der Waals surface area contributed by atoms with E-state index in [1.165, 1.54) is 23.8 Å². The van der Waals surface area contributed by atoms with Gasteiger partial charge < -0.3 is 10.1 Å². The summed E-state index contributed by atoms with van der Waals surface area (Å²) in [5.41, 5.74) is 2.22. The van der Waals surface area contributed by atoms with Crippen molar-refractivity contribution in [3.63, 3.8) is 0 Å². The maximum Gasteiger partial charge on any atom is 0.339 e. The van der Waals surface area contributed by atoms with Crippen LogP contribution in [0, 0.1) is 20.6 Å². The van der Waals surface area contributed by atoms with E-state index < -0.39 is 10.9 Å². The molecule has 2 aromatic carbocycles. The zero-order valence-corrected chi connectivity index (χ0v) is 16.9. The molecule has 0 unspecified atom stereocenters. The Bertz CT molecular complexity index is 836. The van der Waals surface area contributed by atoms with E-state index in [1.807, 2.05) is 53.8 Å². The van der Waals surface area contributed by atoms with Gasteiger partial charge in [0.15, 0.2) is 0 Å². The number of nitro groups is 1. The first-order chi connectivity index (χ1) is 12.9. The van der Waals surface area contributed by atoms with E-state index in [4.69, 9.17) is 4.74 Å². The zero-order valence-electron chi connectivity index (χ0n) is 14.7. The van der Waals surface area contributed by atoms with Gasteiger partial charge in [0.25, 0.3) is 5.69 Å². The lowest BCUT2D eigenvalue weighted by Gasteiger charge is -2.08. The summed E-state index contributed by atoms with van der Waals surface area (Å²) in [6.07, 6.45) is 0.984. The number of halogens is 1. The van der Waals surface area contributed by atoms with Gasteiger partial charge in [-0.1, -0.05) is 29.8 Å². The van der Waals surface area contributed by atoms with E-state index in [2.05, 4.69) is 5.32 Å². The fourth-order valence-corrected chi connectivity index (χ4v) is 2.85. The van der Waals surface area contributed by atoms with Gasteiger partial charge in [0, 0.05) is 22.1 Å². The standard InChI is InChI=1S/C19H19IN2O5/c1-13-2-4-14(5-3-13)6-9-18(23)21-10-11-27-19(24)16-12-15(22(25)26)7-8-17(16)20/h2-5,7-8,12H,6,9-11H2,1H3,(H,21,23). The molecule has 27 heavy (non-hydrogen) atoms. The molecule has 0 spiro atoms. The third-order valence-corrected chi connectivity index (χ3v) is 4.74. The predicted molar refractivity (Wildman–Crippen MR) is 109 cm³/mol. The number of nitro benzene ring substituents is 1. The fourth-order valence-electron chi connectivity index (χ4n) is 2.30. The molecule has 0 radical (unpaired) electrons. The molecule has 1 N–H and O–H groups in total. The molecule has 0 fully saturated rings. The van der Waals surface area contributed by atoms with Crippen molar-refractivity contribution in [2.24, 2.45) is 0 Å². The molecule has 0 aliphatic carbocycles. The Morgan fingerprint density at radius 2 is 1.89 bits per heavy atom. The van der Waals surface area contributed by atoms with Crippen LogP contribution >= 0.6 is 22.6 Å². The molecule has 2 rings (SSSR count). The highest BCUT2D eigenvalue weighted by Gasteiger charge is 2.16. The Morgan fingerprint density at radius 3 is 2.56 bits per heavy atom. The number of ether oxygens (including phenoxy) is 1. The summed E-state index contributed by atoms with van der Waals surface area (Å²) in [7, 11) is 0. The second kappa shape index (κ2) is 10.0. The highest BCUT2D eigenvalue weighted by atomic mass is 127. The average Bonchev–Trinajstić information content (AvgIpc) is 2.64. The molecule has 0 aliphatic rings. The van der Waals surface area contributed by atoms with Gasteiger partial charge in [-0.3, -0.25) is 14.9 Å². The fraction of sp³-hybridized carbons (Fsp3) is 0.263.